The predicted molar refractivity (Wildman–Crippen MR) is 196 cm³/mol. The fraction of sp³-hybridized carbons (Fsp3) is 0. The van der Waals surface area contributed by atoms with Crippen LogP contribution in [0.1, 0.15) is 0 Å². The first-order valence-corrected chi connectivity index (χ1v) is 16.0. The number of hydrogen-bond acceptors (Lipinski definition) is 4. The summed E-state index contributed by atoms with van der Waals surface area (Å²) in [5.74, 6) is 1.93. The summed E-state index contributed by atoms with van der Waals surface area (Å²) in [6.07, 6.45) is 1.82. The Morgan fingerprint density at radius 1 is 0.250 bits per heavy atom. The zero-order valence-corrected chi connectivity index (χ0v) is 26.1. The molecule has 0 unspecified atom stereocenters. The molecule has 48 heavy (non-hydrogen) atoms. The number of rotatable bonds is 7. The molecule has 6 aromatic carbocycles. The molecule has 0 N–H and O–H groups in total. The average molecular weight is 615 g/mol. The highest BCUT2D eigenvalue weighted by atomic mass is 15.0. The van der Waals surface area contributed by atoms with Crippen molar-refractivity contribution >= 4 is 0 Å². The van der Waals surface area contributed by atoms with E-state index in [0.29, 0.717) is 17.5 Å². The van der Waals surface area contributed by atoms with Crippen LogP contribution in [0.4, 0.5) is 0 Å². The lowest BCUT2D eigenvalue weighted by molar-refractivity contribution is 1.07. The van der Waals surface area contributed by atoms with Crippen LogP contribution in [-0.2, 0) is 0 Å². The van der Waals surface area contributed by atoms with E-state index in [4.69, 9.17) is 15.0 Å². The molecular formula is C44H30N4. The molecule has 0 atom stereocenters. The molecule has 0 aliphatic carbocycles. The van der Waals surface area contributed by atoms with Gasteiger partial charge in [0.25, 0.3) is 0 Å². The number of benzene rings is 6. The monoisotopic (exact) mass is 614 g/mol. The maximum atomic E-state index is 5.03. The highest BCUT2D eigenvalue weighted by Gasteiger charge is 2.15. The summed E-state index contributed by atoms with van der Waals surface area (Å²) in [4.78, 5) is 19.4. The number of nitrogens with zero attached hydrogens (tertiary/aromatic N) is 4. The van der Waals surface area contributed by atoms with Crippen LogP contribution in [0.25, 0.3) is 78.8 Å². The molecule has 0 radical (unpaired) electrons. The fourth-order valence-corrected chi connectivity index (χ4v) is 5.92. The van der Waals surface area contributed by atoms with Gasteiger partial charge in [0.1, 0.15) is 0 Å². The fourth-order valence-electron chi connectivity index (χ4n) is 5.92. The van der Waals surface area contributed by atoms with Gasteiger partial charge in [0, 0.05) is 28.5 Å². The maximum Gasteiger partial charge on any atom is 0.164 e. The summed E-state index contributed by atoms with van der Waals surface area (Å²) in [5, 5.41) is 0. The van der Waals surface area contributed by atoms with Crippen LogP contribution in [0.3, 0.4) is 0 Å². The molecule has 4 heteroatoms. The van der Waals surface area contributed by atoms with Gasteiger partial charge in [0.15, 0.2) is 17.5 Å². The average Bonchev–Trinajstić information content (AvgIpc) is 3.19. The minimum absolute atomic E-state index is 0.637. The summed E-state index contributed by atoms with van der Waals surface area (Å²) in [6.45, 7) is 0. The van der Waals surface area contributed by atoms with Crippen LogP contribution < -0.4 is 0 Å². The van der Waals surface area contributed by atoms with Gasteiger partial charge in [-0.05, 0) is 45.5 Å². The topological polar surface area (TPSA) is 51.6 Å². The Morgan fingerprint density at radius 2 is 0.646 bits per heavy atom. The van der Waals surface area contributed by atoms with Gasteiger partial charge in [-0.15, -0.1) is 0 Å². The summed E-state index contributed by atoms with van der Waals surface area (Å²) in [5.41, 5.74) is 11.7. The molecule has 0 saturated heterocycles. The molecule has 2 aromatic heterocycles. The predicted octanol–water partition coefficient (Wildman–Crippen LogP) is 10.9. The van der Waals surface area contributed by atoms with Gasteiger partial charge in [0.2, 0.25) is 0 Å². The Hall–Kier alpha value is -6.52. The van der Waals surface area contributed by atoms with Crippen molar-refractivity contribution in [2.75, 3.05) is 0 Å². The first kappa shape index (κ1) is 28.9. The second-order valence-corrected chi connectivity index (χ2v) is 11.5. The third kappa shape index (κ3) is 6.03. The molecular weight excluding hydrogens is 585 g/mol. The number of aromatic nitrogens is 4. The van der Waals surface area contributed by atoms with Crippen molar-refractivity contribution in [3.8, 4) is 78.8 Å². The largest absolute Gasteiger partial charge is 0.256 e. The van der Waals surface area contributed by atoms with Crippen LogP contribution in [0.5, 0.6) is 0 Å². The Morgan fingerprint density at radius 3 is 1.17 bits per heavy atom. The van der Waals surface area contributed by atoms with E-state index in [2.05, 4.69) is 120 Å². The highest BCUT2D eigenvalue weighted by molar-refractivity contribution is 5.82. The van der Waals surface area contributed by atoms with Gasteiger partial charge in [-0.1, -0.05) is 164 Å². The quantitative estimate of drug-likeness (QED) is 0.179. The molecule has 0 bridgehead atoms. The van der Waals surface area contributed by atoms with Crippen molar-refractivity contribution in [2.24, 2.45) is 0 Å². The van der Waals surface area contributed by atoms with E-state index in [1.54, 1.807) is 0 Å². The Balaban J connectivity index is 1.10. The molecule has 4 nitrogen and oxygen atoms in total. The summed E-state index contributed by atoms with van der Waals surface area (Å²) in [7, 11) is 0. The molecule has 0 saturated carbocycles. The van der Waals surface area contributed by atoms with Gasteiger partial charge in [-0.3, -0.25) is 4.98 Å². The minimum atomic E-state index is 0.637. The number of hydrogen-bond donors (Lipinski definition) is 0. The van der Waals surface area contributed by atoms with Crippen LogP contribution in [0, 0.1) is 0 Å². The number of pyridine rings is 1. The van der Waals surface area contributed by atoms with Crippen molar-refractivity contribution in [1.29, 1.82) is 0 Å². The standard InChI is InChI=1S/C44H30N4/c1-3-11-35(12-4-1)39-15-7-8-16-40(39)44-47-42(37-13-5-2-6-14-37)46-43(48-44)38-28-24-34(25-29-38)32-20-18-31(19-21-32)33-22-26-36(27-23-33)41-17-9-10-30-45-41/h1-30H. The van der Waals surface area contributed by atoms with Crippen LogP contribution in [0.2, 0.25) is 0 Å². The summed E-state index contributed by atoms with van der Waals surface area (Å²) in [6, 6.07) is 60.4. The second-order valence-electron chi connectivity index (χ2n) is 11.5. The van der Waals surface area contributed by atoms with Crippen molar-refractivity contribution in [1.82, 2.24) is 19.9 Å². The highest BCUT2D eigenvalue weighted by Crippen LogP contribution is 2.33. The minimum Gasteiger partial charge on any atom is -0.256 e. The molecule has 226 valence electrons. The summed E-state index contributed by atoms with van der Waals surface area (Å²) >= 11 is 0. The van der Waals surface area contributed by atoms with Gasteiger partial charge in [0.05, 0.1) is 5.69 Å². The first-order chi connectivity index (χ1) is 23.8. The van der Waals surface area contributed by atoms with Crippen molar-refractivity contribution < 1.29 is 0 Å². The Bertz CT molecular complexity index is 2280. The third-order valence-electron chi connectivity index (χ3n) is 8.46. The molecule has 8 rings (SSSR count). The smallest absolute Gasteiger partial charge is 0.164 e. The van der Waals surface area contributed by atoms with Gasteiger partial charge in [-0.25, -0.2) is 15.0 Å². The lowest BCUT2D eigenvalue weighted by Crippen LogP contribution is -2.01. The van der Waals surface area contributed by atoms with E-state index in [0.717, 1.165) is 50.2 Å². The lowest BCUT2D eigenvalue weighted by atomic mass is 9.98. The van der Waals surface area contributed by atoms with E-state index >= 15 is 0 Å². The van der Waals surface area contributed by atoms with Crippen molar-refractivity contribution in [3.05, 3.63) is 182 Å². The van der Waals surface area contributed by atoms with E-state index in [1.165, 1.54) is 11.1 Å². The molecule has 0 spiro atoms. The van der Waals surface area contributed by atoms with E-state index in [1.807, 2.05) is 66.9 Å². The first-order valence-electron chi connectivity index (χ1n) is 16.0. The SMILES string of the molecule is c1ccc(-c2nc(-c3ccc(-c4ccc(-c5ccc(-c6ccccn6)cc5)cc4)cc3)nc(-c3ccccc3-c3ccccc3)n2)cc1. The van der Waals surface area contributed by atoms with Gasteiger partial charge < -0.3 is 0 Å². The molecule has 2 heterocycles. The van der Waals surface area contributed by atoms with Gasteiger partial charge >= 0.3 is 0 Å². The van der Waals surface area contributed by atoms with E-state index < -0.39 is 0 Å². The molecule has 0 amide bonds. The molecule has 0 aliphatic heterocycles. The maximum absolute atomic E-state index is 5.03. The Labute approximate surface area is 280 Å². The van der Waals surface area contributed by atoms with Crippen molar-refractivity contribution in [2.45, 2.75) is 0 Å². The van der Waals surface area contributed by atoms with E-state index in [9.17, 15) is 0 Å². The molecule has 0 aliphatic rings. The molecule has 0 fully saturated rings. The van der Waals surface area contributed by atoms with Crippen LogP contribution in [0.15, 0.2) is 182 Å². The van der Waals surface area contributed by atoms with E-state index in [-0.39, 0.29) is 0 Å². The lowest BCUT2D eigenvalue weighted by Gasteiger charge is -2.12. The summed E-state index contributed by atoms with van der Waals surface area (Å²) < 4.78 is 0. The van der Waals surface area contributed by atoms with Crippen molar-refractivity contribution in [3.63, 3.8) is 0 Å². The zero-order chi connectivity index (χ0) is 32.1. The normalized spacial score (nSPS) is 10.9. The molecule has 8 aromatic rings. The van der Waals surface area contributed by atoms with Crippen LogP contribution in [-0.4, -0.2) is 19.9 Å². The Kier molecular flexibility index (Phi) is 7.87. The van der Waals surface area contributed by atoms with Gasteiger partial charge in [-0.2, -0.15) is 0 Å². The zero-order valence-electron chi connectivity index (χ0n) is 26.1. The third-order valence-corrected chi connectivity index (χ3v) is 8.46. The van der Waals surface area contributed by atoms with Crippen LogP contribution >= 0.6 is 0 Å². The second kappa shape index (κ2) is 13.1.